The van der Waals surface area contributed by atoms with Crippen LogP contribution in [0.4, 0.5) is 0 Å². The van der Waals surface area contributed by atoms with Crippen molar-refractivity contribution in [2.75, 3.05) is 0 Å². The predicted molar refractivity (Wildman–Crippen MR) is 94.2 cm³/mol. The van der Waals surface area contributed by atoms with E-state index in [9.17, 15) is 4.79 Å². The van der Waals surface area contributed by atoms with Crippen molar-refractivity contribution in [1.29, 1.82) is 0 Å². The van der Waals surface area contributed by atoms with E-state index in [0.717, 1.165) is 12.0 Å². The van der Waals surface area contributed by atoms with Crippen molar-refractivity contribution >= 4 is 22.6 Å². The Bertz CT molecular complexity index is 804. The van der Waals surface area contributed by atoms with Gasteiger partial charge in [0.25, 0.3) is 0 Å². The lowest BCUT2D eigenvalue weighted by Crippen LogP contribution is -2.51. The molecule has 1 saturated carbocycles. The van der Waals surface area contributed by atoms with Crippen LogP contribution in [0.5, 0.6) is 0 Å². The highest BCUT2D eigenvalue weighted by atomic mass is 17.2. The molecule has 1 heterocycles. The Morgan fingerprint density at radius 3 is 2.83 bits per heavy atom. The standard InChI is InChI=1S/C21H22O3/c1-14-19(22)12-17-13-20(14)23-24-21(17,2)11-10-16-8-5-7-15-6-3-4-9-18(15)16/h3-11,14,17,20H,12-13H2,1-2H3/b11-10-/t14-,17+,20?,21?/m1/s1. The van der Waals surface area contributed by atoms with Crippen LogP contribution in [0.25, 0.3) is 16.8 Å². The average molecular weight is 322 g/mol. The quantitative estimate of drug-likeness (QED) is 0.761. The zero-order chi connectivity index (χ0) is 16.7. The minimum atomic E-state index is -0.566. The molecular weight excluding hydrogens is 300 g/mol. The molecule has 4 rings (SSSR count). The van der Waals surface area contributed by atoms with Gasteiger partial charge in [-0.05, 0) is 35.8 Å². The van der Waals surface area contributed by atoms with Gasteiger partial charge in [0, 0.05) is 18.3 Å². The summed E-state index contributed by atoms with van der Waals surface area (Å²) in [5, 5.41) is 2.43. The molecule has 2 aliphatic rings. The molecule has 4 atom stereocenters. The molecule has 0 N–H and O–H groups in total. The van der Waals surface area contributed by atoms with E-state index in [1.807, 2.05) is 26.0 Å². The summed E-state index contributed by atoms with van der Waals surface area (Å²) in [6.45, 7) is 3.94. The number of carbonyl (C=O) groups excluding carboxylic acids is 1. The number of carbonyl (C=O) groups is 1. The molecule has 2 fully saturated rings. The lowest BCUT2D eigenvalue weighted by molar-refractivity contribution is -0.415. The first-order valence-electron chi connectivity index (χ1n) is 8.61. The molecule has 1 aliphatic carbocycles. The van der Waals surface area contributed by atoms with Gasteiger partial charge in [0.15, 0.2) is 0 Å². The molecule has 3 heteroatoms. The fraction of sp³-hybridized carbons (Fsp3) is 0.381. The van der Waals surface area contributed by atoms with Crippen LogP contribution in [0.1, 0.15) is 32.3 Å². The molecule has 0 radical (unpaired) electrons. The number of Topliss-reactive ketones (excluding diaryl/α,β-unsaturated/α-hetero) is 1. The third-order valence-corrected chi connectivity index (χ3v) is 5.61. The van der Waals surface area contributed by atoms with E-state index in [2.05, 4.69) is 42.5 Å². The van der Waals surface area contributed by atoms with Crippen molar-refractivity contribution in [2.24, 2.45) is 11.8 Å². The highest BCUT2D eigenvalue weighted by Crippen LogP contribution is 2.43. The normalized spacial score (nSPS) is 33.2. The first-order valence-corrected chi connectivity index (χ1v) is 8.61. The largest absolute Gasteiger partial charge is 0.299 e. The minimum Gasteiger partial charge on any atom is -0.299 e. The van der Waals surface area contributed by atoms with Gasteiger partial charge in [0.1, 0.15) is 17.5 Å². The monoisotopic (exact) mass is 322 g/mol. The maximum atomic E-state index is 12.2. The Morgan fingerprint density at radius 1 is 1.17 bits per heavy atom. The molecule has 0 amide bonds. The molecule has 1 aliphatic heterocycles. The smallest absolute Gasteiger partial charge is 0.138 e. The molecule has 0 spiro atoms. The van der Waals surface area contributed by atoms with Crippen molar-refractivity contribution in [3.63, 3.8) is 0 Å². The third kappa shape index (κ3) is 2.58. The first kappa shape index (κ1) is 15.6. The second-order valence-electron chi connectivity index (χ2n) is 7.20. The van der Waals surface area contributed by atoms with Crippen LogP contribution in [0, 0.1) is 11.8 Å². The van der Waals surface area contributed by atoms with Gasteiger partial charge in [-0.25, -0.2) is 9.78 Å². The summed E-state index contributed by atoms with van der Waals surface area (Å²) >= 11 is 0. The van der Waals surface area contributed by atoms with E-state index in [1.165, 1.54) is 10.8 Å². The van der Waals surface area contributed by atoms with Gasteiger partial charge in [0.2, 0.25) is 0 Å². The third-order valence-electron chi connectivity index (χ3n) is 5.61. The summed E-state index contributed by atoms with van der Waals surface area (Å²) < 4.78 is 0. The highest BCUT2D eigenvalue weighted by Gasteiger charge is 2.48. The van der Waals surface area contributed by atoms with Crippen LogP contribution in [-0.4, -0.2) is 17.5 Å². The molecule has 1 saturated heterocycles. The number of hydrogen-bond acceptors (Lipinski definition) is 3. The lowest BCUT2D eigenvalue weighted by Gasteiger charge is -2.45. The van der Waals surface area contributed by atoms with E-state index in [-0.39, 0.29) is 23.7 Å². The number of ketones is 1. The SMILES string of the molecule is C[C@@H]1C(=O)C[C@H]2CC1OOC2(C)/C=C\c1cccc2ccccc12. The summed E-state index contributed by atoms with van der Waals surface area (Å²) in [5.74, 6) is 0.392. The minimum absolute atomic E-state index is 0.0622. The van der Waals surface area contributed by atoms with Crippen LogP contribution in [0.2, 0.25) is 0 Å². The second-order valence-corrected chi connectivity index (χ2v) is 7.20. The fourth-order valence-electron chi connectivity index (χ4n) is 3.81. The van der Waals surface area contributed by atoms with Crippen LogP contribution in [0.15, 0.2) is 48.5 Å². The molecule has 2 aromatic carbocycles. The summed E-state index contributed by atoms with van der Waals surface area (Å²) in [6.07, 6.45) is 5.49. The Balaban J connectivity index is 1.64. The van der Waals surface area contributed by atoms with Gasteiger partial charge in [-0.15, -0.1) is 0 Å². The molecule has 124 valence electrons. The molecule has 24 heavy (non-hydrogen) atoms. The molecule has 3 nitrogen and oxygen atoms in total. The van der Waals surface area contributed by atoms with E-state index < -0.39 is 5.60 Å². The predicted octanol–water partition coefficient (Wildman–Crippen LogP) is 4.56. The summed E-state index contributed by atoms with van der Waals surface area (Å²) in [7, 11) is 0. The molecule has 2 bridgehead atoms. The number of benzene rings is 2. The summed E-state index contributed by atoms with van der Waals surface area (Å²) in [4.78, 5) is 23.5. The average Bonchev–Trinajstić information content (AvgIpc) is 2.60. The van der Waals surface area contributed by atoms with E-state index in [1.54, 1.807) is 0 Å². The molecule has 0 aromatic heterocycles. The van der Waals surface area contributed by atoms with Gasteiger partial charge in [0.05, 0.1) is 0 Å². The van der Waals surface area contributed by atoms with Gasteiger partial charge >= 0.3 is 0 Å². The molecule has 2 unspecified atom stereocenters. The summed E-state index contributed by atoms with van der Waals surface area (Å²) in [5.41, 5.74) is 0.582. The van der Waals surface area contributed by atoms with Crippen molar-refractivity contribution in [2.45, 2.75) is 38.4 Å². The summed E-state index contributed by atoms with van der Waals surface area (Å²) in [6, 6.07) is 14.6. The number of hydrogen-bond donors (Lipinski definition) is 0. The second kappa shape index (κ2) is 5.83. The van der Waals surface area contributed by atoms with Gasteiger partial charge < -0.3 is 0 Å². The Morgan fingerprint density at radius 2 is 1.96 bits per heavy atom. The van der Waals surface area contributed by atoms with E-state index in [0.29, 0.717) is 6.42 Å². The van der Waals surface area contributed by atoms with Gasteiger partial charge in [-0.3, -0.25) is 4.79 Å². The first-order chi connectivity index (χ1) is 11.6. The van der Waals surface area contributed by atoms with E-state index in [4.69, 9.17) is 9.78 Å². The number of rotatable bonds is 2. The Hall–Kier alpha value is -1.97. The maximum Gasteiger partial charge on any atom is 0.138 e. The van der Waals surface area contributed by atoms with Gasteiger partial charge in [-0.2, -0.15) is 0 Å². The maximum absolute atomic E-state index is 12.2. The number of fused-ring (bicyclic) bond motifs is 3. The molecular formula is C21H22O3. The van der Waals surface area contributed by atoms with Crippen LogP contribution in [0.3, 0.4) is 0 Å². The lowest BCUT2D eigenvalue weighted by atomic mass is 9.71. The molecule has 2 aromatic rings. The zero-order valence-electron chi connectivity index (χ0n) is 14.1. The van der Waals surface area contributed by atoms with Crippen LogP contribution >= 0.6 is 0 Å². The van der Waals surface area contributed by atoms with Crippen molar-refractivity contribution in [3.05, 3.63) is 54.1 Å². The van der Waals surface area contributed by atoms with E-state index >= 15 is 0 Å². The Labute approximate surface area is 142 Å². The van der Waals surface area contributed by atoms with Gasteiger partial charge in [-0.1, -0.05) is 55.5 Å². The van der Waals surface area contributed by atoms with Crippen LogP contribution in [-0.2, 0) is 14.6 Å². The van der Waals surface area contributed by atoms with Crippen molar-refractivity contribution in [3.8, 4) is 0 Å². The topological polar surface area (TPSA) is 35.5 Å². The van der Waals surface area contributed by atoms with Crippen molar-refractivity contribution in [1.82, 2.24) is 0 Å². The zero-order valence-corrected chi connectivity index (χ0v) is 14.1. The van der Waals surface area contributed by atoms with Crippen molar-refractivity contribution < 1.29 is 14.6 Å². The highest BCUT2D eigenvalue weighted by molar-refractivity contribution is 5.90. The fourth-order valence-corrected chi connectivity index (χ4v) is 3.81. The Kier molecular flexibility index (Phi) is 3.78. The van der Waals surface area contributed by atoms with Crippen LogP contribution < -0.4 is 0 Å².